The second-order valence-electron chi connectivity index (χ2n) is 5.69. The fraction of sp³-hybridized carbons (Fsp3) is 0.714. The van der Waals surface area contributed by atoms with Crippen molar-refractivity contribution in [3.05, 3.63) is 12.3 Å². The first-order valence-corrected chi connectivity index (χ1v) is 6.90. The highest BCUT2D eigenvalue weighted by molar-refractivity contribution is 5.29. The van der Waals surface area contributed by atoms with Crippen LogP contribution in [0.3, 0.4) is 0 Å². The molecule has 0 amide bonds. The molecule has 4 unspecified atom stereocenters. The van der Waals surface area contributed by atoms with Crippen molar-refractivity contribution in [3.8, 4) is 5.88 Å². The largest absolute Gasteiger partial charge is 0.481 e. The van der Waals surface area contributed by atoms with Crippen molar-refractivity contribution in [2.24, 2.45) is 17.8 Å². The van der Waals surface area contributed by atoms with Crippen molar-refractivity contribution < 1.29 is 4.74 Å². The van der Waals surface area contributed by atoms with Crippen LogP contribution in [0.15, 0.2) is 12.3 Å². The summed E-state index contributed by atoms with van der Waals surface area (Å²) in [6.45, 7) is 2.26. The van der Waals surface area contributed by atoms with Gasteiger partial charge >= 0.3 is 0 Å². The van der Waals surface area contributed by atoms with Gasteiger partial charge in [0.15, 0.2) is 0 Å². The van der Waals surface area contributed by atoms with E-state index in [1.165, 1.54) is 25.7 Å². The first-order valence-electron chi connectivity index (χ1n) is 6.90. The lowest BCUT2D eigenvalue weighted by atomic mass is 9.84. The molecule has 0 spiro atoms. The highest BCUT2D eigenvalue weighted by Gasteiger charge is 2.41. The third-order valence-corrected chi connectivity index (χ3v) is 4.63. The van der Waals surface area contributed by atoms with E-state index in [4.69, 9.17) is 4.74 Å². The predicted molar refractivity (Wildman–Crippen MR) is 70.6 cm³/mol. The number of hydrogen-bond acceptors (Lipinski definition) is 4. The monoisotopic (exact) mass is 247 g/mol. The van der Waals surface area contributed by atoms with Crippen LogP contribution in [0.1, 0.15) is 32.6 Å². The summed E-state index contributed by atoms with van der Waals surface area (Å²) >= 11 is 0. The topological polar surface area (TPSA) is 47.0 Å². The van der Waals surface area contributed by atoms with Gasteiger partial charge in [-0.25, -0.2) is 4.98 Å². The van der Waals surface area contributed by atoms with Crippen LogP contribution in [0.5, 0.6) is 5.88 Å². The molecule has 1 aromatic heterocycles. The van der Waals surface area contributed by atoms with Crippen molar-refractivity contribution in [1.82, 2.24) is 9.97 Å². The lowest BCUT2D eigenvalue weighted by Crippen LogP contribution is -2.30. The van der Waals surface area contributed by atoms with Crippen LogP contribution in [0.2, 0.25) is 0 Å². The Morgan fingerprint density at radius 1 is 1.39 bits per heavy atom. The summed E-state index contributed by atoms with van der Waals surface area (Å²) in [5.41, 5.74) is 0. The van der Waals surface area contributed by atoms with E-state index in [2.05, 4.69) is 22.2 Å². The van der Waals surface area contributed by atoms with Gasteiger partial charge in [-0.15, -0.1) is 0 Å². The van der Waals surface area contributed by atoms with E-state index in [1.54, 1.807) is 19.4 Å². The van der Waals surface area contributed by atoms with Gasteiger partial charge in [0.1, 0.15) is 0 Å². The molecule has 0 radical (unpaired) electrons. The first-order chi connectivity index (χ1) is 8.76. The molecular weight excluding hydrogens is 226 g/mol. The molecule has 0 aliphatic heterocycles. The Labute approximate surface area is 108 Å². The highest BCUT2D eigenvalue weighted by Crippen LogP contribution is 2.49. The molecular formula is C14H21N3O. The second kappa shape index (κ2) is 4.75. The standard InChI is InChI=1S/C14H21N3O/c1-9(12-8-10-3-4-11(12)7-10)16-14-15-6-5-13(17-14)18-2/h5-6,9-12H,3-4,7-8H2,1-2H3,(H,15,16,17). The minimum Gasteiger partial charge on any atom is -0.481 e. The quantitative estimate of drug-likeness (QED) is 0.888. The van der Waals surface area contributed by atoms with Gasteiger partial charge in [-0.05, 0) is 43.9 Å². The lowest BCUT2D eigenvalue weighted by Gasteiger charge is -2.28. The van der Waals surface area contributed by atoms with Gasteiger partial charge in [-0.3, -0.25) is 0 Å². The molecule has 2 aliphatic carbocycles. The van der Waals surface area contributed by atoms with Gasteiger partial charge < -0.3 is 10.1 Å². The highest BCUT2D eigenvalue weighted by atomic mass is 16.5. The van der Waals surface area contributed by atoms with Crippen molar-refractivity contribution >= 4 is 5.95 Å². The molecule has 0 saturated heterocycles. The fourth-order valence-electron chi connectivity index (χ4n) is 3.74. The third-order valence-electron chi connectivity index (χ3n) is 4.63. The summed E-state index contributed by atoms with van der Waals surface area (Å²) in [7, 11) is 1.63. The van der Waals surface area contributed by atoms with Gasteiger partial charge in [0.2, 0.25) is 11.8 Å². The van der Waals surface area contributed by atoms with Crippen molar-refractivity contribution in [3.63, 3.8) is 0 Å². The normalized spacial score (nSPS) is 31.3. The second-order valence-corrected chi connectivity index (χ2v) is 5.69. The van der Waals surface area contributed by atoms with Crippen molar-refractivity contribution in [2.75, 3.05) is 12.4 Å². The van der Waals surface area contributed by atoms with Crippen LogP contribution in [0, 0.1) is 17.8 Å². The number of aromatic nitrogens is 2. The summed E-state index contributed by atoms with van der Waals surface area (Å²) < 4.78 is 5.12. The minimum absolute atomic E-state index is 0.451. The van der Waals surface area contributed by atoms with Crippen LogP contribution >= 0.6 is 0 Å². The number of anilines is 1. The Kier molecular flexibility index (Phi) is 3.10. The smallest absolute Gasteiger partial charge is 0.226 e. The Hall–Kier alpha value is -1.32. The van der Waals surface area contributed by atoms with Gasteiger partial charge in [0, 0.05) is 18.3 Å². The lowest BCUT2D eigenvalue weighted by molar-refractivity contribution is 0.303. The average Bonchev–Trinajstić information content (AvgIpc) is 3.01. The molecule has 3 rings (SSSR count). The maximum absolute atomic E-state index is 5.12. The van der Waals surface area contributed by atoms with Crippen LogP contribution < -0.4 is 10.1 Å². The predicted octanol–water partition coefficient (Wildman–Crippen LogP) is 2.72. The molecule has 1 N–H and O–H groups in total. The summed E-state index contributed by atoms with van der Waals surface area (Å²) in [6.07, 6.45) is 7.42. The van der Waals surface area contributed by atoms with E-state index >= 15 is 0 Å². The van der Waals surface area contributed by atoms with Crippen LogP contribution in [-0.4, -0.2) is 23.1 Å². The number of nitrogens with one attached hydrogen (secondary N) is 1. The van der Waals surface area contributed by atoms with Crippen molar-refractivity contribution in [2.45, 2.75) is 38.6 Å². The van der Waals surface area contributed by atoms with Gasteiger partial charge in [0.05, 0.1) is 7.11 Å². The van der Waals surface area contributed by atoms with Crippen LogP contribution in [0.25, 0.3) is 0 Å². The SMILES string of the molecule is COc1ccnc(NC(C)C2CC3CCC2C3)n1. The minimum atomic E-state index is 0.451. The summed E-state index contributed by atoms with van der Waals surface area (Å²) in [4.78, 5) is 8.58. The Bertz CT molecular complexity index is 423. The fourth-order valence-corrected chi connectivity index (χ4v) is 3.74. The molecule has 0 aromatic carbocycles. The summed E-state index contributed by atoms with van der Waals surface area (Å²) in [6, 6.07) is 2.22. The van der Waals surface area contributed by atoms with Crippen molar-refractivity contribution in [1.29, 1.82) is 0 Å². The third kappa shape index (κ3) is 2.16. The van der Waals surface area contributed by atoms with Crippen LogP contribution in [0.4, 0.5) is 5.95 Å². The number of methoxy groups -OCH3 is 1. The Morgan fingerprint density at radius 2 is 2.28 bits per heavy atom. The summed E-state index contributed by atoms with van der Waals surface area (Å²) in [5.74, 6) is 3.99. The number of nitrogens with zero attached hydrogens (tertiary/aromatic N) is 2. The maximum atomic E-state index is 5.12. The zero-order valence-corrected chi connectivity index (χ0v) is 11.1. The molecule has 1 aromatic rings. The maximum Gasteiger partial charge on any atom is 0.226 e. The molecule has 98 valence electrons. The number of rotatable bonds is 4. The Balaban J connectivity index is 1.65. The molecule has 2 aliphatic rings. The van der Waals surface area contributed by atoms with E-state index in [1.807, 2.05) is 0 Å². The molecule has 1 heterocycles. The van der Waals surface area contributed by atoms with Gasteiger partial charge in [0.25, 0.3) is 0 Å². The molecule has 2 fully saturated rings. The number of hydrogen-bond donors (Lipinski definition) is 1. The summed E-state index contributed by atoms with van der Waals surface area (Å²) in [5, 5.41) is 3.44. The Morgan fingerprint density at radius 3 is 2.94 bits per heavy atom. The molecule has 4 atom stereocenters. The first kappa shape index (κ1) is 11.8. The van der Waals surface area contributed by atoms with Gasteiger partial charge in [-0.2, -0.15) is 4.98 Å². The van der Waals surface area contributed by atoms with E-state index in [9.17, 15) is 0 Å². The molecule has 4 nitrogen and oxygen atoms in total. The van der Waals surface area contributed by atoms with E-state index in [0.29, 0.717) is 17.9 Å². The van der Waals surface area contributed by atoms with E-state index in [-0.39, 0.29) is 0 Å². The zero-order chi connectivity index (χ0) is 12.5. The zero-order valence-electron chi connectivity index (χ0n) is 11.1. The van der Waals surface area contributed by atoms with E-state index < -0.39 is 0 Å². The number of fused-ring (bicyclic) bond motifs is 2. The molecule has 2 bridgehead atoms. The number of ether oxygens (including phenoxy) is 1. The van der Waals surface area contributed by atoms with Gasteiger partial charge in [-0.1, -0.05) is 6.42 Å². The molecule has 4 heteroatoms. The molecule has 2 saturated carbocycles. The van der Waals surface area contributed by atoms with E-state index in [0.717, 1.165) is 17.8 Å². The molecule has 18 heavy (non-hydrogen) atoms. The van der Waals surface area contributed by atoms with Crippen LogP contribution in [-0.2, 0) is 0 Å². The average molecular weight is 247 g/mol.